The van der Waals surface area contributed by atoms with Gasteiger partial charge in [0.05, 0.1) is 0 Å². The van der Waals surface area contributed by atoms with Crippen LogP contribution >= 0.6 is 0 Å². The molecule has 7 heteroatoms. The van der Waals surface area contributed by atoms with Gasteiger partial charge in [-0.05, 0) is 122 Å². The Balaban J connectivity index is 4.40. The molecule has 0 saturated carbocycles. The van der Waals surface area contributed by atoms with Crippen molar-refractivity contribution < 1.29 is 24.2 Å². The number of nitrogens with two attached hydrogens (primary N) is 1. The molecular formula is C49H76N2O5. The van der Waals surface area contributed by atoms with Gasteiger partial charge in [0.2, 0.25) is 5.91 Å². The summed E-state index contributed by atoms with van der Waals surface area (Å²) >= 11 is 0. The molecule has 0 spiro atoms. The zero-order chi connectivity index (χ0) is 41.0. The van der Waals surface area contributed by atoms with E-state index >= 15 is 0 Å². The first-order valence-electron chi connectivity index (χ1n) is 21.4. The van der Waals surface area contributed by atoms with Crippen molar-refractivity contribution in [3.05, 3.63) is 122 Å². The summed E-state index contributed by atoms with van der Waals surface area (Å²) in [6.45, 7) is 4.66. The van der Waals surface area contributed by atoms with Gasteiger partial charge in [0.25, 0.3) is 0 Å². The molecule has 2 unspecified atom stereocenters. The van der Waals surface area contributed by atoms with Crippen molar-refractivity contribution in [3.63, 3.8) is 0 Å². The summed E-state index contributed by atoms with van der Waals surface area (Å²) in [6, 6.07) is -0.889. The van der Waals surface area contributed by atoms with Crippen molar-refractivity contribution >= 4 is 17.8 Å². The normalized spacial score (nSPS) is 13.9. The average molecular weight is 773 g/mol. The quantitative estimate of drug-likeness (QED) is 0.0331. The third kappa shape index (κ3) is 38.1. The van der Waals surface area contributed by atoms with Crippen molar-refractivity contribution in [2.75, 3.05) is 6.54 Å². The molecule has 1 amide bonds. The number of unbranched alkanes of at least 4 members (excludes halogenated alkanes) is 4. The number of hydrogen-bond acceptors (Lipinski definition) is 5. The smallest absolute Gasteiger partial charge is 0.326 e. The molecular weight excluding hydrogens is 697 g/mol. The van der Waals surface area contributed by atoms with Gasteiger partial charge in [-0.15, -0.1) is 0 Å². The summed E-state index contributed by atoms with van der Waals surface area (Å²) in [6.07, 6.45) is 59.8. The lowest BCUT2D eigenvalue weighted by Crippen LogP contribution is -2.40. The van der Waals surface area contributed by atoms with Crippen LogP contribution in [0.3, 0.4) is 0 Å². The minimum Gasteiger partial charge on any atom is -0.480 e. The van der Waals surface area contributed by atoms with Crippen LogP contribution in [0, 0.1) is 0 Å². The van der Waals surface area contributed by atoms with Gasteiger partial charge in [0, 0.05) is 12.8 Å². The number of allylic oxidation sites excluding steroid dienone is 19. The number of nitrogens with one attached hydrogen (secondary N) is 1. The number of rotatable bonds is 36. The predicted octanol–water partition coefficient (Wildman–Crippen LogP) is 12.2. The molecule has 0 aromatic rings. The number of carbonyl (C=O) groups excluding carboxylic acids is 2. The number of carboxylic acids is 1. The molecule has 0 radical (unpaired) electrons. The fourth-order valence-corrected chi connectivity index (χ4v) is 5.37. The Kier molecular flexibility index (Phi) is 38.8. The average Bonchev–Trinajstić information content (AvgIpc) is 3.18. The first kappa shape index (κ1) is 51.8. The molecule has 0 saturated heterocycles. The Bertz CT molecular complexity index is 1280. The molecule has 0 aromatic heterocycles. The number of aliphatic carboxylic acids is 1. The van der Waals surface area contributed by atoms with Gasteiger partial charge in [-0.1, -0.05) is 142 Å². The monoisotopic (exact) mass is 773 g/mol. The third-order valence-electron chi connectivity index (χ3n) is 8.51. The van der Waals surface area contributed by atoms with E-state index in [0.29, 0.717) is 38.6 Å². The van der Waals surface area contributed by atoms with Crippen molar-refractivity contribution in [1.29, 1.82) is 0 Å². The highest BCUT2D eigenvalue weighted by Gasteiger charge is 2.18. The van der Waals surface area contributed by atoms with E-state index in [0.717, 1.165) is 103 Å². The van der Waals surface area contributed by atoms with Crippen molar-refractivity contribution in [3.8, 4) is 0 Å². The van der Waals surface area contributed by atoms with E-state index in [4.69, 9.17) is 10.5 Å². The number of hydrogen-bond donors (Lipinski definition) is 3. The molecule has 0 aliphatic rings. The van der Waals surface area contributed by atoms with Crippen molar-refractivity contribution in [2.24, 2.45) is 5.73 Å². The number of ether oxygens (including phenoxy) is 1. The molecule has 7 nitrogen and oxygen atoms in total. The van der Waals surface area contributed by atoms with Crippen molar-refractivity contribution in [1.82, 2.24) is 5.32 Å². The van der Waals surface area contributed by atoms with Gasteiger partial charge < -0.3 is 20.9 Å². The minimum absolute atomic E-state index is 0.176. The van der Waals surface area contributed by atoms with E-state index in [1.807, 2.05) is 6.08 Å². The largest absolute Gasteiger partial charge is 0.480 e. The fourth-order valence-electron chi connectivity index (χ4n) is 5.37. The van der Waals surface area contributed by atoms with E-state index in [-0.39, 0.29) is 18.0 Å². The Hall–Kier alpha value is -4.23. The molecule has 56 heavy (non-hydrogen) atoms. The highest BCUT2D eigenvalue weighted by atomic mass is 16.5. The summed E-state index contributed by atoms with van der Waals surface area (Å²) in [5.74, 6) is -1.45. The van der Waals surface area contributed by atoms with Crippen LogP contribution < -0.4 is 11.1 Å². The predicted molar refractivity (Wildman–Crippen MR) is 238 cm³/mol. The molecule has 0 rings (SSSR count). The van der Waals surface area contributed by atoms with Crippen LogP contribution in [-0.4, -0.2) is 41.6 Å². The summed E-state index contributed by atoms with van der Waals surface area (Å²) in [4.78, 5) is 36.3. The van der Waals surface area contributed by atoms with Crippen LogP contribution in [0.1, 0.15) is 149 Å². The van der Waals surface area contributed by atoms with E-state index in [1.54, 1.807) is 0 Å². The highest BCUT2D eigenvalue weighted by molar-refractivity contribution is 5.83. The third-order valence-corrected chi connectivity index (χ3v) is 8.51. The van der Waals surface area contributed by atoms with Gasteiger partial charge in [-0.3, -0.25) is 9.59 Å². The second-order valence-electron chi connectivity index (χ2n) is 13.6. The standard InChI is InChI=1S/C49H76N2O5/c1-3-5-7-9-11-13-14-15-16-17-18-19-20-21-22-23-24-25-26-27-29-31-37-43-48(53)56-45(39-34-30-28-12-10-8-6-4-2)40-35-32-33-36-42-47(52)51-46(49(54)55)41-38-44-50/h5-8,11-13,15-16,18-19,21-22,24-25,27-29,34,39,45-46H,3-4,9-10,14,17,20,23,26,30-33,35-38,40-44,50H2,1-2H3,(H,51,52)(H,54,55)/b7-5-,8-6-,13-11-,16-15-,19-18-,22-21-,25-24-,28-12-,29-27-,39-34-. The SMILES string of the molecule is CC/C=C\C/C=C\C/C=C\C/C=C\C/C=C\C/C=C\C/C=C\CCCC(=O)OC(/C=C\C/C=C\C/C=C\CC)CCCCCCC(=O)NC(CCCN)C(=O)O. The molecule has 0 aliphatic heterocycles. The second kappa shape index (κ2) is 41.9. The summed E-state index contributed by atoms with van der Waals surface area (Å²) in [7, 11) is 0. The highest BCUT2D eigenvalue weighted by Crippen LogP contribution is 2.14. The van der Waals surface area contributed by atoms with Crippen LogP contribution in [0.5, 0.6) is 0 Å². The lowest BCUT2D eigenvalue weighted by Gasteiger charge is -2.15. The van der Waals surface area contributed by atoms with Crippen molar-refractivity contribution in [2.45, 2.75) is 161 Å². The Labute approximate surface area is 341 Å². The fraction of sp³-hybridized carbons (Fsp3) is 0.531. The number of esters is 1. The summed E-state index contributed by atoms with van der Waals surface area (Å²) in [5.41, 5.74) is 5.48. The number of carboxylic acid groups (broad SMARTS) is 1. The van der Waals surface area contributed by atoms with Gasteiger partial charge in [0.15, 0.2) is 0 Å². The minimum atomic E-state index is -1.03. The van der Waals surface area contributed by atoms with Gasteiger partial charge in [0.1, 0.15) is 12.1 Å². The summed E-state index contributed by atoms with van der Waals surface area (Å²) in [5, 5.41) is 11.9. The van der Waals surface area contributed by atoms with Crippen LogP contribution in [0.15, 0.2) is 122 Å². The van der Waals surface area contributed by atoms with E-state index in [1.165, 1.54) is 0 Å². The molecule has 312 valence electrons. The van der Waals surface area contributed by atoms with Crippen LogP contribution in [-0.2, 0) is 19.1 Å². The summed E-state index contributed by atoms with van der Waals surface area (Å²) < 4.78 is 5.86. The Morgan fingerprint density at radius 1 is 0.536 bits per heavy atom. The molecule has 0 aromatic carbocycles. The molecule has 4 N–H and O–H groups in total. The maximum Gasteiger partial charge on any atom is 0.326 e. The molecule has 0 bridgehead atoms. The molecule has 0 aliphatic carbocycles. The van der Waals surface area contributed by atoms with Gasteiger partial charge in [-0.25, -0.2) is 4.79 Å². The molecule has 0 fully saturated rings. The lowest BCUT2D eigenvalue weighted by molar-refractivity contribution is -0.147. The first-order chi connectivity index (χ1) is 27.4. The van der Waals surface area contributed by atoms with E-state index in [2.05, 4.69) is 135 Å². The van der Waals surface area contributed by atoms with Crippen LogP contribution in [0.4, 0.5) is 0 Å². The van der Waals surface area contributed by atoms with Gasteiger partial charge in [-0.2, -0.15) is 0 Å². The molecule has 2 atom stereocenters. The van der Waals surface area contributed by atoms with Crippen LogP contribution in [0.25, 0.3) is 0 Å². The zero-order valence-electron chi connectivity index (χ0n) is 34.9. The maximum absolute atomic E-state index is 12.7. The van der Waals surface area contributed by atoms with Gasteiger partial charge >= 0.3 is 11.9 Å². The lowest BCUT2D eigenvalue weighted by atomic mass is 10.1. The Morgan fingerprint density at radius 3 is 1.45 bits per heavy atom. The van der Waals surface area contributed by atoms with E-state index in [9.17, 15) is 19.5 Å². The maximum atomic E-state index is 12.7. The topological polar surface area (TPSA) is 119 Å². The number of carbonyl (C=O) groups is 3. The Morgan fingerprint density at radius 2 is 0.982 bits per heavy atom. The molecule has 0 heterocycles. The first-order valence-corrected chi connectivity index (χ1v) is 21.4. The van der Waals surface area contributed by atoms with Crippen LogP contribution in [0.2, 0.25) is 0 Å². The number of amides is 1. The second-order valence-corrected chi connectivity index (χ2v) is 13.6. The zero-order valence-corrected chi connectivity index (χ0v) is 34.9. The van der Waals surface area contributed by atoms with E-state index < -0.39 is 12.0 Å².